The summed E-state index contributed by atoms with van der Waals surface area (Å²) in [5.74, 6) is -0.999. The van der Waals surface area contributed by atoms with Crippen molar-refractivity contribution in [1.29, 1.82) is 0 Å². The molecule has 0 radical (unpaired) electrons. The number of carbonyl (C=O) groups is 2. The minimum Gasteiger partial charge on any atom is -0.481 e. The van der Waals surface area contributed by atoms with E-state index in [0.717, 1.165) is 10.7 Å². The van der Waals surface area contributed by atoms with Crippen molar-refractivity contribution in [3.05, 3.63) is 16.1 Å². The van der Waals surface area contributed by atoms with Crippen LogP contribution in [0.2, 0.25) is 0 Å². The van der Waals surface area contributed by atoms with E-state index in [9.17, 15) is 9.59 Å². The number of hydrogen-bond donors (Lipinski definition) is 2. The lowest BCUT2D eigenvalue weighted by Crippen LogP contribution is -2.35. The molecule has 0 spiro atoms. The number of aliphatic carboxylic acids is 1. The fourth-order valence-corrected chi connectivity index (χ4v) is 2.73. The van der Waals surface area contributed by atoms with Crippen LogP contribution in [0.1, 0.15) is 51.2 Å². The van der Waals surface area contributed by atoms with E-state index in [4.69, 9.17) is 5.11 Å². The second-order valence-corrected chi connectivity index (χ2v) is 6.79. The molecule has 0 aliphatic carbocycles. The largest absolute Gasteiger partial charge is 0.481 e. The molecule has 0 aliphatic rings. The van der Waals surface area contributed by atoms with Gasteiger partial charge in [-0.1, -0.05) is 20.8 Å². The molecule has 1 aromatic rings. The summed E-state index contributed by atoms with van der Waals surface area (Å²) in [6, 6.07) is -0.182. The molecule has 0 aliphatic heterocycles. The van der Waals surface area contributed by atoms with Crippen LogP contribution in [0.5, 0.6) is 0 Å². The Labute approximate surface area is 123 Å². The third-order valence-corrected chi connectivity index (χ3v) is 4.08. The molecule has 0 fully saturated rings. The molecular weight excluding hydrogens is 276 g/mol. The van der Waals surface area contributed by atoms with Crippen LogP contribution in [0.4, 0.5) is 0 Å². The Hall–Kier alpha value is -1.43. The van der Waals surface area contributed by atoms with Crippen molar-refractivity contribution in [3.63, 3.8) is 0 Å². The maximum atomic E-state index is 11.2. The van der Waals surface area contributed by atoms with Crippen LogP contribution in [0.15, 0.2) is 5.38 Å². The minimum atomic E-state index is -0.853. The van der Waals surface area contributed by atoms with Gasteiger partial charge in [0.15, 0.2) is 0 Å². The van der Waals surface area contributed by atoms with E-state index in [-0.39, 0.29) is 23.8 Å². The summed E-state index contributed by atoms with van der Waals surface area (Å²) < 4.78 is 0. The van der Waals surface area contributed by atoms with Gasteiger partial charge in [0.25, 0.3) is 0 Å². The lowest BCUT2D eigenvalue weighted by molar-refractivity contribution is -0.137. The van der Waals surface area contributed by atoms with Crippen LogP contribution in [0.3, 0.4) is 0 Å². The van der Waals surface area contributed by atoms with Crippen LogP contribution in [-0.4, -0.2) is 28.0 Å². The van der Waals surface area contributed by atoms with Gasteiger partial charge in [0.2, 0.25) is 5.91 Å². The van der Waals surface area contributed by atoms with Gasteiger partial charge in [0, 0.05) is 36.6 Å². The molecule has 1 aromatic heterocycles. The molecule has 2 N–H and O–H groups in total. The predicted octanol–water partition coefficient (Wildman–Crippen LogP) is 2.35. The van der Waals surface area contributed by atoms with Crippen molar-refractivity contribution in [1.82, 2.24) is 10.3 Å². The number of carbonyl (C=O) groups excluding carboxylic acids is 1. The molecule has 5 nitrogen and oxygen atoms in total. The third-order valence-electron chi connectivity index (χ3n) is 2.76. The van der Waals surface area contributed by atoms with Crippen LogP contribution in [0.25, 0.3) is 0 Å². The number of nitrogens with one attached hydrogen (secondary N) is 1. The molecule has 0 saturated heterocycles. The lowest BCUT2D eigenvalue weighted by atomic mass is 9.98. The molecular formula is C14H22N2O3S. The summed E-state index contributed by atoms with van der Waals surface area (Å²) in [5, 5.41) is 14.6. The van der Waals surface area contributed by atoms with Gasteiger partial charge in [-0.25, -0.2) is 4.98 Å². The van der Waals surface area contributed by atoms with Crippen molar-refractivity contribution < 1.29 is 14.7 Å². The van der Waals surface area contributed by atoms with E-state index in [1.54, 1.807) is 11.3 Å². The van der Waals surface area contributed by atoms with Crippen molar-refractivity contribution in [2.24, 2.45) is 0 Å². The second-order valence-electron chi connectivity index (χ2n) is 5.93. The smallest absolute Gasteiger partial charge is 0.303 e. The maximum Gasteiger partial charge on any atom is 0.303 e. The fraction of sp³-hybridized carbons (Fsp3) is 0.643. The van der Waals surface area contributed by atoms with Gasteiger partial charge in [-0.15, -0.1) is 11.3 Å². The molecule has 20 heavy (non-hydrogen) atoms. The molecule has 0 aromatic carbocycles. The first-order valence-corrected chi connectivity index (χ1v) is 7.50. The summed E-state index contributed by atoms with van der Waals surface area (Å²) in [6.45, 7) is 7.75. The third kappa shape index (κ3) is 5.69. The van der Waals surface area contributed by atoms with Gasteiger partial charge in [-0.2, -0.15) is 0 Å². The molecule has 112 valence electrons. The van der Waals surface area contributed by atoms with E-state index in [2.05, 4.69) is 31.1 Å². The van der Waals surface area contributed by atoms with Gasteiger partial charge in [0.05, 0.1) is 10.7 Å². The molecule has 1 atom stereocenters. The Morgan fingerprint density at radius 3 is 2.55 bits per heavy atom. The molecule has 0 saturated carbocycles. The Balaban J connectivity index is 2.70. The highest BCUT2D eigenvalue weighted by Crippen LogP contribution is 2.26. The average Bonchev–Trinajstić information content (AvgIpc) is 2.73. The number of rotatable bonds is 6. The number of carboxylic acids is 1. The minimum absolute atomic E-state index is 0.00742. The van der Waals surface area contributed by atoms with Crippen LogP contribution < -0.4 is 5.32 Å². The van der Waals surface area contributed by atoms with Crippen molar-refractivity contribution in [2.45, 2.75) is 58.4 Å². The van der Waals surface area contributed by atoms with Crippen LogP contribution >= 0.6 is 11.3 Å². The summed E-state index contributed by atoms with van der Waals surface area (Å²) in [7, 11) is 0. The lowest BCUT2D eigenvalue weighted by Gasteiger charge is -2.16. The summed E-state index contributed by atoms with van der Waals surface area (Å²) in [4.78, 5) is 26.4. The summed E-state index contributed by atoms with van der Waals surface area (Å²) >= 11 is 1.60. The number of amides is 1. The molecule has 1 amide bonds. The number of thiazole rings is 1. The molecule has 0 bridgehead atoms. The molecule has 1 heterocycles. The van der Waals surface area contributed by atoms with E-state index in [1.807, 2.05) is 5.38 Å². The second kappa shape index (κ2) is 6.83. The maximum absolute atomic E-state index is 11.2. The zero-order valence-electron chi connectivity index (χ0n) is 12.4. The topological polar surface area (TPSA) is 79.3 Å². The molecule has 6 heteroatoms. The SMILES string of the molecule is CC(=O)NC(CCC(=O)O)Cc1csc(C(C)(C)C)n1. The Morgan fingerprint density at radius 2 is 2.10 bits per heavy atom. The highest BCUT2D eigenvalue weighted by Gasteiger charge is 2.20. The average molecular weight is 298 g/mol. The Morgan fingerprint density at radius 1 is 1.45 bits per heavy atom. The first-order chi connectivity index (χ1) is 9.18. The van der Waals surface area contributed by atoms with Crippen molar-refractivity contribution in [2.75, 3.05) is 0 Å². The van der Waals surface area contributed by atoms with E-state index in [1.165, 1.54) is 6.92 Å². The zero-order chi connectivity index (χ0) is 15.3. The Bertz CT molecular complexity index is 477. The van der Waals surface area contributed by atoms with Gasteiger partial charge in [-0.05, 0) is 6.42 Å². The first-order valence-electron chi connectivity index (χ1n) is 6.62. The normalized spacial score (nSPS) is 13.0. The number of hydrogen-bond acceptors (Lipinski definition) is 4. The van der Waals surface area contributed by atoms with E-state index >= 15 is 0 Å². The Kier molecular flexibility index (Phi) is 5.68. The number of nitrogens with zero attached hydrogens (tertiary/aromatic N) is 1. The van der Waals surface area contributed by atoms with E-state index < -0.39 is 5.97 Å². The quantitative estimate of drug-likeness (QED) is 0.845. The standard InChI is InChI=1S/C14H22N2O3S/c1-9(17)15-10(5-6-12(18)19)7-11-8-20-13(16-11)14(2,3)4/h8,10H,5-7H2,1-4H3,(H,15,17)(H,18,19). The number of carboxylic acid groups (broad SMARTS) is 1. The predicted molar refractivity (Wildman–Crippen MR) is 79.0 cm³/mol. The van der Waals surface area contributed by atoms with E-state index in [0.29, 0.717) is 12.8 Å². The van der Waals surface area contributed by atoms with Crippen LogP contribution in [-0.2, 0) is 21.4 Å². The van der Waals surface area contributed by atoms with Crippen molar-refractivity contribution in [3.8, 4) is 0 Å². The zero-order valence-corrected chi connectivity index (χ0v) is 13.2. The first kappa shape index (κ1) is 16.6. The fourth-order valence-electron chi connectivity index (χ4n) is 1.81. The van der Waals surface area contributed by atoms with Gasteiger partial charge in [-0.3, -0.25) is 9.59 Å². The molecule has 1 rings (SSSR count). The summed E-state index contributed by atoms with van der Waals surface area (Å²) in [5.41, 5.74) is 0.914. The molecule has 1 unspecified atom stereocenters. The highest BCUT2D eigenvalue weighted by atomic mass is 32.1. The van der Waals surface area contributed by atoms with Gasteiger partial charge in [0.1, 0.15) is 0 Å². The highest BCUT2D eigenvalue weighted by molar-refractivity contribution is 7.09. The van der Waals surface area contributed by atoms with Gasteiger partial charge < -0.3 is 10.4 Å². The monoisotopic (exact) mass is 298 g/mol. The number of aromatic nitrogens is 1. The summed E-state index contributed by atoms with van der Waals surface area (Å²) in [6.07, 6.45) is 1.03. The van der Waals surface area contributed by atoms with Crippen molar-refractivity contribution >= 4 is 23.2 Å². The van der Waals surface area contributed by atoms with Gasteiger partial charge >= 0.3 is 5.97 Å². The van der Waals surface area contributed by atoms with Crippen LogP contribution in [0, 0.1) is 0 Å².